The van der Waals surface area contributed by atoms with Crippen LogP contribution in [0.5, 0.6) is 0 Å². The zero-order valence-corrected chi connectivity index (χ0v) is 17.1. The van der Waals surface area contributed by atoms with Gasteiger partial charge in [-0.3, -0.25) is 10.1 Å². The van der Waals surface area contributed by atoms with Gasteiger partial charge in [0.25, 0.3) is 5.91 Å². The molecule has 2 atom stereocenters. The van der Waals surface area contributed by atoms with Crippen LogP contribution < -0.4 is 15.4 Å². The van der Waals surface area contributed by atoms with Gasteiger partial charge < -0.3 is 9.73 Å². The summed E-state index contributed by atoms with van der Waals surface area (Å²) < 4.78 is 33.5. The predicted octanol–water partition coefficient (Wildman–Crippen LogP) is 1.55. The average molecular weight is 441 g/mol. The lowest BCUT2D eigenvalue weighted by Crippen LogP contribution is -2.44. The Labute approximate surface area is 177 Å². The van der Waals surface area contributed by atoms with Crippen molar-refractivity contribution in [3.8, 4) is 11.6 Å². The van der Waals surface area contributed by atoms with Crippen LogP contribution in [0.1, 0.15) is 19.3 Å². The Balaban J connectivity index is 1.26. The third-order valence-corrected chi connectivity index (χ3v) is 7.16. The van der Waals surface area contributed by atoms with E-state index in [2.05, 4.69) is 25.3 Å². The van der Waals surface area contributed by atoms with Gasteiger partial charge in [-0.2, -0.15) is 0 Å². The Morgan fingerprint density at radius 2 is 1.97 bits per heavy atom. The third-order valence-electron chi connectivity index (χ3n) is 5.78. The largest absolute Gasteiger partial charge is 0.453 e. The summed E-state index contributed by atoms with van der Waals surface area (Å²) >= 11 is 0. The van der Waals surface area contributed by atoms with E-state index in [0.29, 0.717) is 30.6 Å². The first kappa shape index (κ1) is 19.6. The van der Waals surface area contributed by atoms with Gasteiger partial charge in [0.05, 0.1) is 12.4 Å². The number of amides is 3. The second-order valence-corrected chi connectivity index (χ2v) is 9.61. The van der Waals surface area contributed by atoms with Gasteiger partial charge >= 0.3 is 6.03 Å². The highest BCUT2D eigenvalue weighted by Crippen LogP contribution is 2.36. The number of hydrogen-bond acceptors (Lipinski definition) is 7. The SMILES string of the molecule is O=C1NC(=O)C2(CCC(CNS(=O)(=O)c3cnc(-c4cc5ccccc5o4)nc3)C2)N1. The van der Waals surface area contributed by atoms with E-state index < -0.39 is 21.6 Å². The molecule has 1 aliphatic heterocycles. The van der Waals surface area contributed by atoms with E-state index in [1.165, 1.54) is 12.4 Å². The van der Waals surface area contributed by atoms with Crippen LogP contribution >= 0.6 is 0 Å². The molecule has 31 heavy (non-hydrogen) atoms. The fourth-order valence-electron chi connectivity index (χ4n) is 4.15. The maximum absolute atomic E-state index is 12.6. The Bertz CT molecular complexity index is 1250. The molecule has 10 nitrogen and oxygen atoms in total. The number of carbonyl (C=O) groups excluding carboxylic acids is 2. The Kier molecular flexibility index (Phi) is 4.52. The highest BCUT2D eigenvalue weighted by Gasteiger charge is 2.50. The summed E-state index contributed by atoms with van der Waals surface area (Å²) in [5.74, 6) is 0.314. The van der Waals surface area contributed by atoms with Crippen LogP contribution in [-0.4, -0.2) is 42.4 Å². The lowest BCUT2D eigenvalue weighted by molar-refractivity contribution is -0.123. The van der Waals surface area contributed by atoms with Crippen molar-refractivity contribution in [2.45, 2.75) is 29.7 Å². The molecule has 2 aromatic heterocycles. The zero-order chi connectivity index (χ0) is 21.6. The Hall–Kier alpha value is -3.31. The molecular formula is C20H19N5O5S. The lowest BCUT2D eigenvalue weighted by Gasteiger charge is -2.19. The highest BCUT2D eigenvalue weighted by molar-refractivity contribution is 7.89. The first-order valence-electron chi connectivity index (χ1n) is 9.79. The van der Waals surface area contributed by atoms with Gasteiger partial charge in [-0.1, -0.05) is 18.2 Å². The quantitative estimate of drug-likeness (QED) is 0.510. The van der Waals surface area contributed by atoms with E-state index in [0.717, 1.165) is 5.39 Å². The number of benzene rings is 1. The molecule has 0 radical (unpaired) electrons. The Morgan fingerprint density at radius 3 is 2.68 bits per heavy atom. The van der Waals surface area contributed by atoms with Crippen LogP contribution in [-0.2, 0) is 14.8 Å². The minimum absolute atomic E-state index is 0.0630. The van der Waals surface area contributed by atoms with E-state index in [-0.39, 0.29) is 29.1 Å². The van der Waals surface area contributed by atoms with E-state index in [1.807, 2.05) is 24.3 Å². The summed E-state index contributed by atoms with van der Waals surface area (Å²) in [6.07, 6.45) is 3.95. The van der Waals surface area contributed by atoms with Crippen LogP contribution in [0.4, 0.5) is 4.79 Å². The summed E-state index contributed by atoms with van der Waals surface area (Å²) in [5.41, 5.74) is -0.231. The van der Waals surface area contributed by atoms with Gasteiger partial charge in [-0.25, -0.2) is 27.9 Å². The molecule has 3 heterocycles. The summed E-state index contributed by atoms with van der Waals surface area (Å²) in [7, 11) is -3.82. The first-order valence-corrected chi connectivity index (χ1v) is 11.3. The Morgan fingerprint density at radius 1 is 1.19 bits per heavy atom. The molecule has 1 saturated carbocycles. The van der Waals surface area contributed by atoms with Crippen LogP contribution in [0.15, 0.2) is 52.0 Å². The van der Waals surface area contributed by atoms with Crippen molar-refractivity contribution in [1.29, 1.82) is 0 Å². The smallest absolute Gasteiger partial charge is 0.322 e. The molecule has 160 valence electrons. The van der Waals surface area contributed by atoms with Crippen LogP contribution in [0.25, 0.3) is 22.6 Å². The number of hydrogen-bond donors (Lipinski definition) is 3. The van der Waals surface area contributed by atoms with Crippen molar-refractivity contribution >= 4 is 32.9 Å². The van der Waals surface area contributed by atoms with Gasteiger partial charge in [0.15, 0.2) is 11.6 Å². The van der Waals surface area contributed by atoms with Gasteiger partial charge in [0.1, 0.15) is 16.0 Å². The molecule has 3 amide bonds. The summed E-state index contributed by atoms with van der Waals surface area (Å²) in [4.78, 5) is 31.7. The molecule has 2 aliphatic rings. The van der Waals surface area contributed by atoms with Gasteiger partial charge in [-0.05, 0) is 37.3 Å². The molecule has 1 spiro atoms. The minimum atomic E-state index is -3.82. The van der Waals surface area contributed by atoms with Crippen LogP contribution in [0.3, 0.4) is 0 Å². The summed E-state index contributed by atoms with van der Waals surface area (Å²) in [5, 5.41) is 5.81. The number of fused-ring (bicyclic) bond motifs is 1. The number of imide groups is 1. The normalized spacial score (nSPS) is 23.4. The predicted molar refractivity (Wildman–Crippen MR) is 109 cm³/mol. The number of sulfonamides is 1. The molecule has 1 aromatic carbocycles. The van der Waals surface area contributed by atoms with Gasteiger partial charge in [-0.15, -0.1) is 0 Å². The number of para-hydroxylation sites is 1. The number of nitrogens with zero attached hydrogens (tertiary/aromatic N) is 2. The monoisotopic (exact) mass is 441 g/mol. The van der Waals surface area contributed by atoms with E-state index in [1.54, 1.807) is 6.07 Å². The standard InChI is InChI=1S/C20H19N5O5S/c26-18-20(25-19(27)24-18)6-5-12(8-20)9-23-31(28,29)14-10-21-17(22-11-14)16-7-13-3-1-2-4-15(13)30-16/h1-4,7,10-12,23H,5-6,8-9H2,(H2,24,25,26,27). The summed E-state index contributed by atoms with van der Waals surface area (Å²) in [6, 6.07) is 8.77. The molecule has 11 heteroatoms. The van der Waals surface area contributed by atoms with E-state index in [4.69, 9.17) is 4.42 Å². The fourth-order valence-corrected chi connectivity index (χ4v) is 5.16. The topological polar surface area (TPSA) is 143 Å². The molecule has 3 aromatic rings. The first-order chi connectivity index (χ1) is 14.8. The van der Waals surface area contributed by atoms with Crippen LogP contribution in [0.2, 0.25) is 0 Å². The number of nitrogens with one attached hydrogen (secondary N) is 3. The highest BCUT2D eigenvalue weighted by atomic mass is 32.2. The van der Waals surface area contributed by atoms with Crippen molar-refractivity contribution < 1.29 is 22.4 Å². The number of urea groups is 1. The number of carbonyl (C=O) groups is 2. The maximum atomic E-state index is 12.6. The molecule has 3 N–H and O–H groups in total. The van der Waals surface area contributed by atoms with Gasteiger partial charge in [0, 0.05) is 11.9 Å². The maximum Gasteiger partial charge on any atom is 0.322 e. The molecule has 5 rings (SSSR count). The van der Waals surface area contributed by atoms with E-state index >= 15 is 0 Å². The fraction of sp³-hybridized carbons (Fsp3) is 0.300. The molecule has 2 unspecified atom stereocenters. The minimum Gasteiger partial charge on any atom is -0.453 e. The molecule has 0 bridgehead atoms. The molecule has 1 aliphatic carbocycles. The summed E-state index contributed by atoms with van der Waals surface area (Å²) in [6.45, 7) is 0.151. The third kappa shape index (κ3) is 3.55. The van der Waals surface area contributed by atoms with Crippen LogP contribution in [0, 0.1) is 5.92 Å². The number of rotatable bonds is 5. The van der Waals surface area contributed by atoms with Crippen molar-refractivity contribution in [3.05, 3.63) is 42.7 Å². The van der Waals surface area contributed by atoms with Crippen molar-refractivity contribution in [2.24, 2.45) is 5.92 Å². The van der Waals surface area contributed by atoms with Gasteiger partial charge in [0.2, 0.25) is 10.0 Å². The van der Waals surface area contributed by atoms with E-state index in [9.17, 15) is 18.0 Å². The number of aromatic nitrogens is 2. The lowest BCUT2D eigenvalue weighted by atomic mass is 9.96. The second kappa shape index (κ2) is 7.13. The average Bonchev–Trinajstić information content (AvgIpc) is 3.44. The molecule has 2 fully saturated rings. The van der Waals surface area contributed by atoms with Crippen molar-refractivity contribution in [3.63, 3.8) is 0 Å². The second-order valence-electron chi connectivity index (χ2n) is 7.84. The molecule has 1 saturated heterocycles. The van der Waals surface area contributed by atoms with Crippen molar-refractivity contribution in [1.82, 2.24) is 25.3 Å². The molecular weight excluding hydrogens is 422 g/mol. The van der Waals surface area contributed by atoms with Crippen molar-refractivity contribution in [2.75, 3.05) is 6.54 Å². The number of furan rings is 1. The zero-order valence-electron chi connectivity index (χ0n) is 16.3.